The summed E-state index contributed by atoms with van der Waals surface area (Å²) < 4.78 is 0. The van der Waals surface area contributed by atoms with Crippen LogP contribution in [0.1, 0.15) is 12.5 Å². The van der Waals surface area contributed by atoms with Gasteiger partial charge in [-0.05, 0) is 25.5 Å². The molecule has 0 saturated heterocycles. The Kier molecular flexibility index (Phi) is 3.77. The van der Waals surface area contributed by atoms with Crippen LogP contribution in [0.15, 0.2) is 29.2 Å². The molecular weight excluding hydrogens is 208 g/mol. The van der Waals surface area contributed by atoms with Gasteiger partial charge in [0.2, 0.25) is 5.91 Å². The fraction of sp³-hybridized carbons (Fsp3) is 0.364. The Hall–Kier alpha value is -1.00. The summed E-state index contributed by atoms with van der Waals surface area (Å²) in [5, 5.41) is 0. The van der Waals surface area contributed by atoms with Gasteiger partial charge in [-0.1, -0.05) is 18.2 Å². The van der Waals surface area contributed by atoms with Crippen LogP contribution in [0.2, 0.25) is 0 Å². The molecule has 1 aromatic carbocycles. The summed E-state index contributed by atoms with van der Waals surface area (Å²) in [5.41, 5.74) is 11.2. The smallest absolute Gasteiger partial charge is 0.238 e. The van der Waals surface area contributed by atoms with Gasteiger partial charge in [0.1, 0.15) is 5.54 Å². The molecule has 15 heavy (non-hydrogen) atoms. The molecule has 1 rings (SSSR count). The van der Waals surface area contributed by atoms with Crippen LogP contribution in [0.25, 0.3) is 0 Å². The second kappa shape index (κ2) is 4.68. The molecule has 0 spiro atoms. The zero-order valence-corrected chi connectivity index (χ0v) is 9.80. The van der Waals surface area contributed by atoms with E-state index in [0.29, 0.717) is 5.75 Å². The van der Waals surface area contributed by atoms with Crippen molar-refractivity contribution < 1.29 is 4.79 Å². The lowest BCUT2D eigenvalue weighted by Crippen LogP contribution is -2.51. The average molecular weight is 224 g/mol. The third-order valence-electron chi connectivity index (χ3n) is 2.18. The van der Waals surface area contributed by atoms with Gasteiger partial charge in [-0.15, -0.1) is 11.8 Å². The lowest BCUT2D eigenvalue weighted by atomic mass is 10.1. The first-order valence-corrected chi connectivity index (χ1v) is 5.69. The zero-order valence-electron chi connectivity index (χ0n) is 8.99. The monoisotopic (exact) mass is 224 g/mol. The number of primary amides is 1. The molecule has 1 unspecified atom stereocenters. The standard InChI is InChI=1S/C11H16N2OS/c1-8-5-3-4-6-9(8)15-7-11(2,13)10(12)14/h3-6H,7,13H2,1-2H3,(H2,12,14). The maximum absolute atomic E-state index is 11.0. The van der Waals surface area contributed by atoms with Gasteiger partial charge in [-0.25, -0.2) is 0 Å². The van der Waals surface area contributed by atoms with Crippen LogP contribution in [-0.4, -0.2) is 17.2 Å². The SMILES string of the molecule is Cc1ccccc1SCC(C)(N)C(N)=O. The van der Waals surface area contributed by atoms with E-state index in [1.807, 2.05) is 31.2 Å². The van der Waals surface area contributed by atoms with Gasteiger partial charge in [-0.3, -0.25) is 4.79 Å². The second-order valence-electron chi connectivity index (χ2n) is 3.84. The molecule has 0 bridgehead atoms. The number of thioether (sulfide) groups is 1. The van der Waals surface area contributed by atoms with E-state index in [4.69, 9.17) is 11.5 Å². The summed E-state index contributed by atoms with van der Waals surface area (Å²) in [6, 6.07) is 7.99. The maximum atomic E-state index is 11.0. The Morgan fingerprint density at radius 1 is 1.47 bits per heavy atom. The Balaban J connectivity index is 2.66. The predicted octanol–water partition coefficient (Wildman–Crippen LogP) is 1.29. The summed E-state index contributed by atoms with van der Waals surface area (Å²) in [4.78, 5) is 12.1. The Bertz CT molecular complexity index is 363. The van der Waals surface area contributed by atoms with E-state index >= 15 is 0 Å². The highest BCUT2D eigenvalue weighted by molar-refractivity contribution is 7.99. The number of aryl methyl sites for hydroxylation is 1. The normalized spacial score (nSPS) is 14.6. The molecule has 0 aromatic heterocycles. The van der Waals surface area contributed by atoms with Crippen LogP contribution in [0, 0.1) is 6.92 Å². The second-order valence-corrected chi connectivity index (χ2v) is 4.85. The van der Waals surface area contributed by atoms with E-state index in [0.717, 1.165) is 4.90 Å². The van der Waals surface area contributed by atoms with Gasteiger partial charge in [0, 0.05) is 10.6 Å². The fourth-order valence-electron chi connectivity index (χ4n) is 1.02. The van der Waals surface area contributed by atoms with Crippen molar-refractivity contribution >= 4 is 17.7 Å². The molecule has 82 valence electrons. The molecule has 0 aliphatic carbocycles. The third-order valence-corrected chi connectivity index (χ3v) is 3.70. The topological polar surface area (TPSA) is 69.1 Å². The lowest BCUT2D eigenvalue weighted by Gasteiger charge is -2.20. The first kappa shape index (κ1) is 12.1. The first-order valence-electron chi connectivity index (χ1n) is 4.71. The van der Waals surface area contributed by atoms with Crippen molar-refractivity contribution in [3.63, 3.8) is 0 Å². The number of hydrogen-bond donors (Lipinski definition) is 2. The summed E-state index contributed by atoms with van der Waals surface area (Å²) in [7, 11) is 0. The van der Waals surface area contributed by atoms with Gasteiger partial charge in [-0.2, -0.15) is 0 Å². The summed E-state index contributed by atoms with van der Waals surface area (Å²) >= 11 is 1.56. The Morgan fingerprint density at radius 2 is 2.07 bits per heavy atom. The molecule has 0 fully saturated rings. The fourth-order valence-corrected chi connectivity index (χ4v) is 2.09. The van der Waals surface area contributed by atoms with Crippen molar-refractivity contribution in [1.82, 2.24) is 0 Å². The predicted molar refractivity (Wildman–Crippen MR) is 63.7 cm³/mol. The van der Waals surface area contributed by atoms with Crippen molar-refractivity contribution in [2.75, 3.05) is 5.75 Å². The van der Waals surface area contributed by atoms with Crippen LogP contribution in [-0.2, 0) is 4.79 Å². The van der Waals surface area contributed by atoms with Gasteiger partial charge < -0.3 is 11.5 Å². The molecule has 0 aliphatic heterocycles. The molecule has 4 N–H and O–H groups in total. The average Bonchev–Trinajstić information content (AvgIpc) is 2.16. The number of carbonyl (C=O) groups is 1. The van der Waals surface area contributed by atoms with E-state index in [-0.39, 0.29) is 0 Å². The lowest BCUT2D eigenvalue weighted by molar-refractivity contribution is -0.121. The summed E-state index contributed by atoms with van der Waals surface area (Å²) in [5.74, 6) is 0.0243. The Morgan fingerprint density at radius 3 is 2.60 bits per heavy atom. The van der Waals surface area contributed by atoms with Crippen LogP contribution in [0.3, 0.4) is 0 Å². The van der Waals surface area contributed by atoms with Gasteiger partial charge in [0.05, 0.1) is 0 Å². The van der Waals surface area contributed by atoms with Crippen LogP contribution in [0.5, 0.6) is 0 Å². The number of hydrogen-bond acceptors (Lipinski definition) is 3. The highest BCUT2D eigenvalue weighted by Gasteiger charge is 2.25. The highest BCUT2D eigenvalue weighted by Crippen LogP contribution is 2.24. The van der Waals surface area contributed by atoms with Crippen LogP contribution >= 0.6 is 11.8 Å². The van der Waals surface area contributed by atoms with E-state index in [1.165, 1.54) is 5.56 Å². The van der Waals surface area contributed by atoms with Gasteiger partial charge >= 0.3 is 0 Å². The van der Waals surface area contributed by atoms with Gasteiger partial charge in [0.25, 0.3) is 0 Å². The van der Waals surface area contributed by atoms with Crippen molar-refractivity contribution in [1.29, 1.82) is 0 Å². The van der Waals surface area contributed by atoms with E-state index < -0.39 is 11.4 Å². The third kappa shape index (κ3) is 3.25. The first-order chi connectivity index (χ1) is 6.93. The molecule has 0 radical (unpaired) electrons. The largest absolute Gasteiger partial charge is 0.368 e. The van der Waals surface area contributed by atoms with E-state index in [2.05, 4.69) is 0 Å². The molecule has 0 saturated carbocycles. The van der Waals surface area contributed by atoms with Crippen molar-refractivity contribution in [2.45, 2.75) is 24.3 Å². The van der Waals surface area contributed by atoms with Crippen LogP contribution < -0.4 is 11.5 Å². The Labute approximate surface area is 94.2 Å². The maximum Gasteiger partial charge on any atom is 0.238 e. The molecule has 1 atom stereocenters. The summed E-state index contributed by atoms with van der Waals surface area (Å²) in [6.07, 6.45) is 0. The number of amides is 1. The van der Waals surface area contributed by atoms with Crippen molar-refractivity contribution in [2.24, 2.45) is 11.5 Å². The molecule has 4 heteroatoms. The van der Waals surface area contributed by atoms with Crippen molar-refractivity contribution in [3.05, 3.63) is 29.8 Å². The molecule has 1 amide bonds. The highest BCUT2D eigenvalue weighted by atomic mass is 32.2. The minimum Gasteiger partial charge on any atom is -0.368 e. The molecular formula is C11H16N2OS. The van der Waals surface area contributed by atoms with E-state index in [9.17, 15) is 4.79 Å². The number of nitrogens with two attached hydrogens (primary N) is 2. The van der Waals surface area contributed by atoms with Crippen LogP contribution in [0.4, 0.5) is 0 Å². The number of carbonyl (C=O) groups excluding carboxylic acids is 1. The minimum absolute atomic E-state index is 0.469. The number of benzene rings is 1. The molecule has 3 nitrogen and oxygen atoms in total. The van der Waals surface area contributed by atoms with Crippen molar-refractivity contribution in [3.8, 4) is 0 Å². The minimum atomic E-state index is -0.951. The van der Waals surface area contributed by atoms with E-state index in [1.54, 1.807) is 18.7 Å². The molecule has 0 heterocycles. The number of rotatable bonds is 4. The summed E-state index contributed by atoms with van der Waals surface area (Å²) in [6.45, 7) is 3.68. The molecule has 1 aromatic rings. The molecule has 0 aliphatic rings. The quantitative estimate of drug-likeness (QED) is 0.757. The van der Waals surface area contributed by atoms with Gasteiger partial charge in [0.15, 0.2) is 0 Å². The zero-order chi connectivity index (χ0) is 11.5.